The Morgan fingerprint density at radius 1 is 1.24 bits per heavy atom. The number of aromatic nitrogens is 4. The molecule has 0 spiro atoms. The number of aryl methyl sites for hydroxylation is 3. The Morgan fingerprint density at radius 2 is 1.96 bits per heavy atom. The predicted octanol–water partition coefficient (Wildman–Crippen LogP) is 3.39. The van der Waals surface area contributed by atoms with Gasteiger partial charge in [-0.15, -0.1) is 11.3 Å². The van der Waals surface area contributed by atoms with Gasteiger partial charge in [-0.05, 0) is 44.2 Å². The molecule has 9 heteroatoms. The van der Waals surface area contributed by atoms with E-state index in [-0.39, 0.29) is 17.2 Å². The molecule has 1 aliphatic rings. The van der Waals surface area contributed by atoms with Gasteiger partial charge in [0.1, 0.15) is 4.83 Å². The lowest BCUT2D eigenvalue weighted by Gasteiger charge is -2.13. The molecule has 3 heterocycles. The summed E-state index contributed by atoms with van der Waals surface area (Å²) in [5, 5.41) is 4.46. The molecule has 132 valence electrons. The summed E-state index contributed by atoms with van der Waals surface area (Å²) in [6, 6.07) is 0.954. The highest BCUT2D eigenvalue weighted by Gasteiger charge is 2.37. The Bertz CT molecular complexity index is 1040. The summed E-state index contributed by atoms with van der Waals surface area (Å²) in [6.45, 7) is 1.48. The molecule has 0 saturated heterocycles. The predicted molar refractivity (Wildman–Crippen MR) is 88.4 cm³/mol. The van der Waals surface area contributed by atoms with Crippen LogP contribution in [-0.4, -0.2) is 19.3 Å². The molecule has 4 rings (SSSR count). The highest BCUT2D eigenvalue weighted by Crippen LogP contribution is 2.35. The van der Waals surface area contributed by atoms with E-state index >= 15 is 0 Å². The molecule has 5 nitrogen and oxygen atoms in total. The molecule has 0 amide bonds. The van der Waals surface area contributed by atoms with Crippen molar-refractivity contribution in [1.29, 1.82) is 0 Å². The van der Waals surface area contributed by atoms with Crippen LogP contribution in [-0.2, 0) is 26.1 Å². The number of hydrogen-bond donors (Lipinski definition) is 0. The summed E-state index contributed by atoms with van der Waals surface area (Å²) in [5.41, 5.74) is -0.0282. The Hall–Kier alpha value is -2.16. The largest absolute Gasteiger partial charge is 0.433 e. The van der Waals surface area contributed by atoms with Crippen LogP contribution >= 0.6 is 11.3 Å². The van der Waals surface area contributed by atoms with Crippen LogP contribution in [0.3, 0.4) is 0 Å². The second kappa shape index (κ2) is 5.42. The first-order valence-electron chi connectivity index (χ1n) is 7.93. The van der Waals surface area contributed by atoms with Crippen molar-refractivity contribution in [2.75, 3.05) is 0 Å². The first-order chi connectivity index (χ1) is 11.8. The van der Waals surface area contributed by atoms with E-state index < -0.39 is 11.9 Å². The summed E-state index contributed by atoms with van der Waals surface area (Å²) < 4.78 is 41.8. The van der Waals surface area contributed by atoms with Crippen molar-refractivity contribution in [2.45, 2.75) is 38.8 Å². The maximum absolute atomic E-state index is 13.3. The number of hydrogen-bond acceptors (Lipinski definition) is 4. The quantitative estimate of drug-likeness (QED) is 0.662. The SMILES string of the molecule is Cc1cc(C(F)(F)F)n(-c2nc3sc4c(c3c(=O)n2C)CCCC4)n1. The number of halogens is 3. The van der Waals surface area contributed by atoms with Crippen LogP contribution in [0, 0.1) is 6.92 Å². The third-order valence-corrected chi connectivity index (χ3v) is 5.67. The van der Waals surface area contributed by atoms with E-state index in [0.717, 1.165) is 51.4 Å². The van der Waals surface area contributed by atoms with E-state index in [9.17, 15) is 18.0 Å². The molecule has 25 heavy (non-hydrogen) atoms. The van der Waals surface area contributed by atoms with Crippen molar-refractivity contribution < 1.29 is 13.2 Å². The zero-order valence-corrected chi connectivity index (χ0v) is 14.5. The van der Waals surface area contributed by atoms with Crippen molar-refractivity contribution in [1.82, 2.24) is 19.3 Å². The Kier molecular flexibility index (Phi) is 3.54. The summed E-state index contributed by atoms with van der Waals surface area (Å²) in [5.74, 6) is -0.114. The lowest BCUT2D eigenvalue weighted by atomic mass is 9.97. The topological polar surface area (TPSA) is 52.7 Å². The highest BCUT2D eigenvalue weighted by molar-refractivity contribution is 7.18. The number of alkyl halides is 3. The second-order valence-corrected chi connectivity index (χ2v) is 7.33. The monoisotopic (exact) mass is 368 g/mol. The Morgan fingerprint density at radius 3 is 2.68 bits per heavy atom. The molecular weight excluding hydrogens is 353 g/mol. The molecule has 0 aliphatic heterocycles. The molecule has 3 aromatic rings. The normalized spacial score (nSPS) is 14.9. The number of nitrogens with zero attached hydrogens (tertiary/aromatic N) is 4. The lowest BCUT2D eigenvalue weighted by Crippen LogP contribution is -2.26. The fourth-order valence-corrected chi connectivity index (χ4v) is 4.57. The molecule has 0 bridgehead atoms. The third-order valence-electron chi connectivity index (χ3n) is 4.48. The fraction of sp³-hybridized carbons (Fsp3) is 0.438. The molecular formula is C16H15F3N4OS. The van der Waals surface area contributed by atoms with Gasteiger partial charge in [0.15, 0.2) is 5.69 Å². The fourth-order valence-electron chi connectivity index (χ4n) is 3.32. The van der Waals surface area contributed by atoms with E-state index in [1.165, 1.54) is 25.3 Å². The van der Waals surface area contributed by atoms with E-state index in [1.54, 1.807) is 0 Å². The maximum atomic E-state index is 13.3. The van der Waals surface area contributed by atoms with Crippen molar-refractivity contribution in [3.63, 3.8) is 0 Å². The van der Waals surface area contributed by atoms with E-state index in [0.29, 0.717) is 10.2 Å². The van der Waals surface area contributed by atoms with Crippen molar-refractivity contribution in [3.05, 3.63) is 38.2 Å². The zero-order chi connectivity index (χ0) is 17.9. The summed E-state index contributed by atoms with van der Waals surface area (Å²) in [4.78, 5) is 18.8. The molecule has 0 atom stereocenters. The minimum atomic E-state index is -4.58. The van der Waals surface area contributed by atoms with Gasteiger partial charge in [0.25, 0.3) is 5.56 Å². The Labute approximate surface area is 144 Å². The van der Waals surface area contributed by atoms with Gasteiger partial charge < -0.3 is 0 Å². The van der Waals surface area contributed by atoms with Gasteiger partial charge in [-0.2, -0.15) is 23.0 Å². The minimum absolute atomic E-state index is 0.114. The molecule has 0 N–H and O–H groups in total. The summed E-state index contributed by atoms with van der Waals surface area (Å²) in [7, 11) is 1.44. The average molecular weight is 368 g/mol. The molecule has 0 radical (unpaired) electrons. The van der Waals surface area contributed by atoms with Crippen LogP contribution in [0.5, 0.6) is 0 Å². The molecule has 1 aliphatic carbocycles. The van der Waals surface area contributed by atoms with Gasteiger partial charge in [0.05, 0.1) is 11.1 Å². The first kappa shape index (κ1) is 16.3. The average Bonchev–Trinajstić information content (AvgIpc) is 3.10. The molecule has 3 aromatic heterocycles. The number of thiophene rings is 1. The van der Waals surface area contributed by atoms with E-state index in [1.807, 2.05) is 0 Å². The van der Waals surface area contributed by atoms with Crippen molar-refractivity contribution >= 4 is 21.6 Å². The van der Waals surface area contributed by atoms with Crippen LogP contribution in [0.25, 0.3) is 16.2 Å². The highest BCUT2D eigenvalue weighted by atomic mass is 32.1. The van der Waals surface area contributed by atoms with Crippen LogP contribution in [0.4, 0.5) is 13.2 Å². The van der Waals surface area contributed by atoms with Gasteiger partial charge in [-0.1, -0.05) is 0 Å². The van der Waals surface area contributed by atoms with Gasteiger partial charge >= 0.3 is 6.18 Å². The standard InChI is InChI=1S/C16H15F3N4OS/c1-8-7-11(16(17,18)19)23(21-8)15-20-13-12(14(24)22(15)2)9-5-3-4-6-10(9)25-13/h7H,3-6H2,1-2H3. The summed E-state index contributed by atoms with van der Waals surface area (Å²) in [6.07, 6.45) is -0.795. The lowest BCUT2D eigenvalue weighted by molar-refractivity contribution is -0.143. The maximum Gasteiger partial charge on any atom is 0.433 e. The summed E-state index contributed by atoms with van der Waals surface area (Å²) >= 11 is 1.40. The van der Waals surface area contributed by atoms with Gasteiger partial charge in [0.2, 0.25) is 5.95 Å². The van der Waals surface area contributed by atoms with Crippen molar-refractivity contribution in [2.24, 2.45) is 7.05 Å². The molecule has 0 saturated carbocycles. The van der Waals surface area contributed by atoms with Gasteiger partial charge in [-0.3, -0.25) is 9.36 Å². The van der Waals surface area contributed by atoms with Crippen LogP contribution in [0.2, 0.25) is 0 Å². The van der Waals surface area contributed by atoms with Crippen LogP contribution in [0.1, 0.15) is 34.7 Å². The van der Waals surface area contributed by atoms with Crippen LogP contribution in [0.15, 0.2) is 10.9 Å². The molecule has 0 fully saturated rings. The van der Waals surface area contributed by atoms with E-state index in [2.05, 4.69) is 10.1 Å². The third kappa shape index (κ3) is 2.48. The van der Waals surface area contributed by atoms with Gasteiger partial charge in [0, 0.05) is 11.9 Å². The van der Waals surface area contributed by atoms with E-state index in [4.69, 9.17) is 0 Å². The number of fused-ring (bicyclic) bond motifs is 3. The smallest absolute Gasteiger partial charge is 0.280 e. The van der Waals surface area contributed by atoms with Gasteiger partial charge in [-0.25, -0.2) is 4.98 Å². The molecule has 0 unspecified atom stereocenters. The minimum Gasteiger partial charge on any atom is -0.280 e. The molecule has 0 aromatic carbocycles. The number of rotatable bonds is 1. The second-order valence-electron chi connectivity index (χ2n) is 6.25. The zero-order valence-electron chi connectivity index (χ0n) is 13.6. The first-order valence-corrected chi connectivity index (χ1v) is 8.74. The Balaban J connectivity index is 2.02. The van der Waals surface area contributed by atoms with Crippen LogP contribution < -0.4 is 5.56 Å². The van der Waals surface area contributed by atoms with Crippen molar-refractivity contribution in [3.8, 4) is 5.95 Å².